The number of aliphatic hydroxyl groups is 1. The first-order chi connectivity index (χ1) is 5.45. The molecular weight excluding hydrogens is 158 g/mol. The van der Waals surface area contributed by atoms with Gasteiger partial charge < -0.3 is 15.2 Å². The van der Waals surface area contributed by atoms with Crippen molar-refractivity contribution in [3.8, 4) is 0 Å². The zero-order valence-corrected chi connectivity index (χ0v) is 8.00. The van der Waals surface area contributed by atoms with Gasteiger partial charge in [-0.05, 0) is 20.8 Å². The van der Waals surface area contributed by atoms with Crippen molar-refractivity contribution in [2.24, 2.45) is 0 Å². The highest BCUT2D eigenvalue weighted by Gasteiger charge is 2.32. The molecule has 0 heterocycles. The zero-order chi connectivity index (χ0) is 9.78. The summed E-state index contributed by atoms with van der Waals surface area (Å²) in [6.07, 6.45) is -0.0665. The Morgan fingerprint density at radius 1 is 1.58 bits per heavy atom. The number of carbonyl (C=O) groups excluding carboxylic acids is 1. The summed E-state index contributed by atoms with van der Waals surface area (Å²) < 4.78 is 5.13. The van der Waals surface area contributed by atoms with Gasteiger partial charge in [0.2, 0.25) is 6.41 Å². The van der Waals surface area contributed by atoms with Crippen LogP contribution in [0.4, 0.5) is 0 Å². The molecule has 0 aromatic carbocycles. The predicted octanol–water partition coefficient (Wildman–Crippen LogP) is -0.0932. The maximum atomic E-state index is 10.2. The van der Waals surface area contributed by atoms with Crippen LogP contribution in [-0.2, 0) is 9.53 Å². The molecule has 0 saturated heterocycles. The van der Waals surface area contributed by atoms with E-state index in [1.54, 1.807) is 27.9 Å². The molecule has 0 spiro atoms. The van der Waals surface area contributed by atoms with Crippen LogP contribution in [0.3, 0.4) is 0 Å². The molecule has 2 atom stereocenters. The first-order valence-corrected chi connectivity index (χ1v) is 3.88. The van der Waals surface area contributed by atoms with E-state index in [-0.39, 0.29) is 6.04 Å². The van der Waals surface area contributed by atoms with Crippen LogP contribution in [0.5, 0.6) is 0 Å². The minimum atomic E-state index is -0.634. The third-order valence-electron chi connectivity index (χ3n) is 2.01. The van der Waals surface area contributed by atoms with Crippen LogP contribution >= 0.6 is 0 Å². The number of nitrogens with one attached hydrogen (secondary N) is 1. The number of hydrogen-bond acceptors (Lipinski definition) is 3. The van der Waals surface area contributed by atoms with Gasteiger partial charge in [0.1, 0.15) is 0 Å². The molecule has 0 saturated carbocycles. The number of hydrogen-bond donors (Lipinski definition) is 2. The Morgan fingerprint density at radius 3 is 2.33 bits per heavy atom. The molecule has 0 aliphatic carbocycles. The van der Waals surface area contributed by atoms with E-state index >= 15 is 0 Å². The number of aliphatic hydroxyl groups excluding tert-OH is 1. The lowest BCUT2D eigenvalue weighted by molar-refractivity contribution is -0.115. The van der Waals surface area contributed by atoms with Gasteiger partial charge >= 0.3 is 0 Å². The number of carbonyl (C=O) groups is 1. The van der Waals surface area contributed by atoms with Gasteiger partial charge in [0.15, 0.2) is 0 Å². The lowest BCUT2D eigenvalue weighted by atomic mass is 9.94. The number of ether oxygens (including phenoxy) is 1. The van der Waals surface area contributed by atoms with Gasteiger partial charge in [0, 0.05) is 7.11 Å². The molecule has 1 amide bonds. The van der Waals surface area contributed by atoms with Crippen LogP contribution in [0, 0.1) is 0 Å². The van der Waals surface area contributed by atoms with E-state index in [1.165, 1.54) is 0 Å². The average Bonchev–Trinajstić information content (AvgIpc) is 1.99. The minimum absolute atomic E-state index is 0.389. The first-order valence-electron chi connectivity index (χ1n) is 3.88. The van der Waals surface area contributed by atoms with Crippen molar-refractivity contribution in [2.45, 2.75) is 38.5 Å². The first kappa shape index (κ1) is 11.4. The Balaban J connectivity index is 4.37. The molecule has 0 radical (unpaired) electrons. The SMILES string of the molecule is COC(C)(C)[C@H](NC=O)[C@@H](C)O. The summed E-state index contributed by atoms with van der Waals surface area (Å²) in [6, 6.07) is -0.389. The van der Waals surface area contributed by atoms with Gasteiger partial charge in [-0.1, -0.05) is 0 Å². The van der Waals surface area contributed by atoms with E-state index in [1.807, 2.05) is 0 Å². The molecule has 12 heavy (non-hydrogen) atoms. The summed E-state index contributed by atoms with van der Waals surface area (Å²) in [5.41, 5.74) is -0.560. The van der Waals surface area contributed by atoms with Gasteiger partial charge in [-0.2, -0.15) is 0 Å². The normalized spacial score (nSPS) is 16.8. The number of amides is 1. The molecular formula is C8H17NO3. The second kappa shape index (κ2) is 4.42. The largest absolute Gasteiger partial charge is 0.391 e. The molecule has 4 nitrogen and oxygen atoms in total. The monoisotopic (exact) mass is 175 g/mol. The molecule has 0 unspecified atom stereocenters. The van der Waals surface area contributed by atoms with Crippen molar-refractivity contribution in [1.29, 1.82) is 0 Å². The summed E-state index contributed by atoms with van der Waals surface area (Å²) >= 11 is 0. The van der Waals surface area contributed by atoms with Crippen LogP contribution in [-0.4, -0.2) is 36.4 Å². The fourth-order valence-corrected chi connectivity index (χ4v) is 1.12. The molecule has 0 bridgehead atoms. The van der Waals surface area contributed by atoms with Crippen LogP contribution in [0.2, 0.25) is 0 Å². The summed E-state index contributed by atoms with van der Waals surface area (Å²) in [4.78, 5) is 10.2. The molecule has 0 aromatic heterocycles. The Labute approximate surface area is 72.9 Å². The number of methoxy groups -OCH3 is 1. The van der Waals surface area contributed by atoms with E-state index in [4.69, 9.17) is 4.74 Å². The van der Waals surface area contributed by atoms with Crippen LogP contribution in [0.25, 0.3) is 0 Å². The molecule has 72 valence electrons. The second-order valence-corrected chi connectivity index (χ2v) is 3.31. The third-order valence-corrected chi connectivity index (χ3v) is 2.01. The highest BCUT2D eigenvalue weighted by Crippen LogP contribution is 2.16. The smallest absolute Gasteiger partial charge is 0.207 e. The highest BCUT2D eigenvalue weighted by atomic mass is 16.5. The van der Waals surface area contributed by atoms with Gasteiger partial charge in [0.25, 0.3) is 0 Å². The zero-order valence-electron chi connectivity index (χ0n) is 8.00. The van der Waals surface area contributed by atoms with E-state index in [0.29, 0.717) is 6.41 Å². The second-order valence-electron chi connectivity index (χ2n) is 3.31. The average molecular weight is 175 g/mol. The van der Waals surface area contributed by atoms with Crippen molar-refractivity contribution >= 4 is 6.41 Å². The summed E-state index contributed by atoms with van der Waals surface area (Å²) in [7, 11) is 1.54. The molecule has 0 rings (SSSR count). The lowest BCUT2D eigenvalue weighted by Crippen LogP contribution is -2.53. The van der Waals surface area contributed by atoms with Crippen molar-refractivity contribution in [1.82, 2.24) is 5.32 Å². The molecule has 2 N–H and O–H groups in total. The summed E-state index contributed by atoms with van der Waals surface area (Å²) in [6.45, 7) is 5.23. The van der Waals surface area contributed by atoms with Gasteiger partial charge in [-0.3, -0.25) is 4.79 Å². The third kappa shape index (κ3) is 2.79. The quantitative estimate of drug-likeness (QED) is 0.574. The van der Waals surface area contributed by atoms with Crippen LogP contribution < -0.4 is 5.32 Å². The van der Waals surface area contributed by atoms with Crippen molar-refractivity contribution < 1.29 is 14.6 Å². The Kier molecular flexibility index (Phi) is 4.20. The van der Waals surface area contributed by atoms with Crippen LogP contribution in [0.1, 0.15) is 20.8 Å². The molecule has 4 heteroatoms. The highest BCUT2D eigenvalue weighted by molar-refractivity contribution is 5.47. The predicted molar refractivity (Wildman–Crippen MR) is 45.8 cm³/mol. The topological polar surface area (TPSA) is 58.6 Å². The molecule has 0 fully saturated rings. The van der Waals surface area contributed by atoms with E-state index in [2.05, 4.69) is 5.32 Å². The Morgan fingerprint density at radius 2 is 2.08 bits per heavy atom. The maximum Gasteiger partial charge on any atom is 0.207 e. The Hall–Kier alpha value is -0.610. The standard InChI is InChI=1S/C8H17NO3/c1-6(11)7(9-5-10)8(2,3)12-4/h5-7,11H,1-4H3,(H,9,10)/t6-,7-/m1/s1. The number of rotatable bonds is 5. The summed E-state index contributed by atoms with van der Waals surface area (Å²) in [5.74, 6) is 0. The van der Waals surface area contributed by atoms with Crippen LogP contribution in [0.15, 0.2) is 0 Å². The van der Waals surface area contributed by atoms with Gasteiger partial charge in [-0.25, -0.2) is 0 Å². The van der Waals surface area contributed by atoms with Crippen molar-refractivity contribution in [3.63, 3.8) is 0 Å². The maximum absolute atomic E-state index is 10.2. The fourth-order valence-electron chi connectivity index (χ4n) is 1.12. The molecule has 0 aliphatic heterocycles. The van der Waals surface area contributed by atoms with Crippen molar-refractivity contribution in [2.75, 3.05) is 7.11 Å². The Bertz CT molecular complexity index is 145. The fraction of sp³-hybridized carbons (Fsp3) is 0.875. The van der Waals surface area contributed by atoms with Gasteiger partial charge in [-0.15, -0.1) is 0 Å². The minimum Gasteiger partial charge on any atom is -0.391 e. The van der Waals surface area contributed by atoms with Gasteiger partial charge in [0.05, 0.1) is 17.7 Å². The van der Waals surface area contributed by atoms with Crippen molar-refractivity contribution in [3.05, 3.63) is 0 Å². The summed E-state index contributed by atoms with van der Waals surface area (Å²) in [5, 5.41) is 11.8. The molecule has 0 aliphatic rings. The van der Waals surface area contributed by atoms with E-state index < -0.39 is 11.7 Å². The van der Waals surface area contributed by atoms with E-state index in [9.17, 15) is 9.90 Å². The van der Waals surface area contributed by atoms with E-state index in [0.717, 1.165) is 0 Å². The molecule has 0 aromatic rings. The lowest BCUT2D eigenvalue weighted by Gasteiger charge is -2.34.